The average Bonchev–Trinajstić information content (AvgIpc) is 2.47. The predicted octanol–water partition coefficient (Wildman–Crippen LogP) is 1.85. The Morgan fingerprint density at radius 1 is 1.25 bits per heavy atom. The molecule has 0 aliphatic heterocycles. The molecule has 1 rings (SSSR count). The van der Waals surface area contributed by atoms with Crippen molar-refractivity contribution in [3.8, 4) is 0 Å². The van der Waals surface area contributed by atoms with E-state index in [0.29, 0.717) is 0 Å². The lowest BCUT2D eigenvalue weighted by Crippen LogP contribution is -2.46. The fraction of sp³-hybridized carbons (Fsp3) is 0.833. The van der Waals surface area contributed by atoms with Gasteiger partial charge in [0.25, 0.3) is 0 Å². The normalized spacial score (nSPS) is 22.6. The molecule has 0 saturated heterocycles. The van der Waals surface area contributed by atoms with E-state index in [1.165, 1.54) is 0 Å². The molecule has 0 bridgehead atoms. The predicted molar refractivity (Wildman–Crippen MR) is 70.1 cm³/mol. The van der Waals surface area contributed by atoms with Crippen LogP contribution in [0.3, 0.4) is 0 Å². The van der Waals surface area contributed by atoms with Crippen molar-refractivity contribution in [2.45, 2.75) is 47.6 Å². The second-order valence-electron chi connectivity index (χ2n) is 6.34. The first-order valence-electron chi connectivity index (χ1n) is 5.56. The molecule has 1 saturated carbocycles. The third kappa shape index (κ3) is 1.73. The van der Waals surface area contributed by atoms with E-state index in [1.807, 2.05) is 0 Å². The van der Waals surface area contributed by atoms with Crippen LogP contribution in [0.15, 0.2) is 0 Å². The van der Waals surface area contributed by atoms with Gasteiger partial charge in [-0.1, -0.05) is 39.9 Å². The van der Waals surface area contributed by atoms with Crippen LogP contribution in [-0.4, -0.2) is 16.9 Å². The van der Waals surface area contributed by atoms with E-state index in [-0.39, 0.29) is 27.8 Å². The first-order valence-corrected chi connectivity index (χ1v) is 5.97. The minimum Gasteiger partial charge on any atom is -0.392 e. The molecular weight excluding hydrogens is 220 g/mol. The lowest BCUT2D eigenvalue weighted by molar-refractivity contribution is -0.126. The molecule has 0 radical (unpaired) electrons. The number of hydrogen-bond acceptors (Lipinski definition) is 2. The summed E-state index contributed by atoms with van der Waals surface area (Å²) in [5, 5.41) is 3.05. The van der Waals surface area contributed by atoms with Crippen LogP contribution >= 0.6 is 12.2 Å². The molecule has 0 heterocycles. The zero-order valence-corrected chi connectivity index (χ0v) is 11.8. The molecule has 1 aliphatic rings. The smallest absolute Gasteiger partial charge is 0.232 e. The first kappa shape index (κ1) is 13.4. The Labute approximate surface area is 103 Å². The van der Waals surface area contributed by atoms with E-state index in [2.05, 4.69) is 33.0 Å². The third-order valence-electron chi connectivity index (χ3n) is 4.48. The number of nitrogens with one attached hydrogen (secondary N) is 1. The Morgan fingerprint density at radius 2 is 1.62 bits per heavy atom. The van der Waals surface area contributed by atoms with Gasteiger partial charge in [0.15, 0.2) is 0 Å². The van der Waals surface area contributed by atoms with Gasteiger partial charge in [-0.15, -0.1) is 0 Å². The van der Waals surface area contributed by atoms with E-state index in [4.69, 9.17) is 18.0 Å². The molecule has 0 atom stereocenters. The maximum Gasteiger partial charge on any atom is 0.232 e. The maximum atomic E-state index is 12.1. The molecule has 3 nitrogen and oxygen atoms in total. The van der Waals surface area contributed by atoms with Crippen LogP contribution in [0.4, 0.5) is 0 Å². The molecule has 1 aliphatic carbocycles. The van der Waals surface area contributed by atoms with Crippen molar-refractivity contribution in [1.82, 2.24) is 5.32 Å². The van der Waals surface area contributed by atoms with Gasteiger partial charge >= 0.3 is 0 Å². The summed E-state index contributed by atoms with van der Waals surface area (Å²) in [6.07, 6.45) is 0. The van der Waals surface area contributed by atoms with Gasteiger partial charge in [-0.05, 0) is 24.7 Å². The summed E-state index contributed by atoms with van der Waals surface area (Å²) in [5.41, 5.74) is 5.07. The summed E-state index contributed by atoms with van der Waals surface area (Å²) in [7, 11) is 0. The molecule has 0 unspecified atom stereocenters. The van der Waals surface area contributed by atoms with Crippen molar-refractivity contribution in [3.63, 3.8) is 0 Å². The van der Waals surface area contributed by atoms with Gasteiger partial charge in [-0.2, -0.15) is 0 Å². The van der Waals surface area contributed by atoms with E-state index in [9.17, 15) is 4.79 Å². The van der Waals surface area contributed by atoms with Crippen LogP contribution in [0.25, 0.3) is 0 Å². The van der Waals surface area contributed by atoms with Crippen molar-refractivity contribution in [2.24, 2.45) is 22.0 Å². The molecule has 16 heavy (non-hydrogen) atoms. The third-order valence-corrected chi connectivity index (χ3v) is 4.99. The summed E-state index contributed by atoms with van der Waals surface area (Å²) < 4.78 is 0. The van der Waals surface area contributed by atoms with E-state index in [1.54, 1.807) is 13.8 Å². The number of nitrogens with two attached hydrogens (primary N) is 1. The zero-order valence-electron chi connectivity index (χ0n) is 11.0. The molecule has 4 heteroatoms. The summed E-state index contributed by atoms with van der Waals surface area (Å²) in [6, 6.07) is 0.195. The highest BCUT2D eigenvalue weighted by Crippen LogP contribution is 2.62. The maximum absolute atomic E-state index is 12.1. The SMILES string of the molecule is CC(C)(C(=O)NC1C(C)(C)C1(C)C)C(N)=S. The summed E-state index contributed by atoms with van der Waals surface area (Å²) in [4.78, 5) is 12.3. The topological polar surface area (TPSA) is 55.1 Å². The zero-order chi connectivity index (χ0) is 12.9. The molecule has 1 fully saturated rings. The van der Waals surface area contributed by atoms with Gasteiger partial charge in [-0.25, -0.2) is 0 Å². The van der Waals surface area contributed by atoms with Gasteiger partial charge in [-0.3, -0.25) is 4.79 Å². The van der Waals surface area contributed by atoms with Crippen LogP contribution in [0.1, 0.15) is 41.5 Å². The van der Waals surface area contributed by atoms with E-state index >= 15 is 0 Å². The summed E-state index contributed by atoms with van der Waals surface area (Å²) in [5.74, 6) is -0.0800. The number of thiocarbonyl (C=S) groups is 1. The van der Waals surface area contributed by atoms with Crippen molar-refractivity contribution < 1.29 is 4.79 Å². The number of hydrogen-bond donors (Lipinski definition) is 2. The van der Waals surface area contributed by atoms with Crippen molar-refractivity contribution >= 4 is 23.1 Å². The Morgan fingerprint density at radius 3 is 1.88 bits per heavy atom. The second kappa shape index (κ2) is 3.42. The van der Waals surface area contributed by atoms with Gasteiger partial charge in [0.05, 0.1) is 10.4 Å². The van der Waals surface area contributed by atoms with Gasteiger partial charge in [0.1, 0.15) is 0 Å². The molecule has 3 N–H and O–H groups in total. The minimum atomic E-state index is -0.774. The molecule has 1 amide bonds. The van der Waals surface area contributed by atoms with E-state index in [0.717, 1.165) is 0 Å². The summed E-state index contributed by atoms with van der Waals surface area (Å²) in [6.45, 7) is 12.1. The quantitative estimate of drug-likeness (QED) is 0.743. The van der Waals surface area contributed by atoms with Gasteiger partial charge < -0.3 is 11.1 Å². The van der Waals surface area contributed by atoms with Crippen LogP contribution < -0.4 is 11.1 Å². The molecule has 0 aromatic carbocycles. The lowest BCUT2D eigenvalue weighted by atomic mass is 9.92. The molecule has 0 aromatic heterocycles. The van der Waals surface area contributed by atoms with Gasteiger partial charge in [0.2, 0.25) is 5.91 Å². The molecular formula is C12H22N2OS. The van der Waals surface area contributed by atoms with Crippen molar-refractivity contribution in [3.05, 3.63) is 0 Å². The Balaban J connectivity index is 2.73. The summed E-state index contributed by atoms with van der Waals surface area (Å²) >= 11 is 4.91. The van der Waals surface area contributed by atoms with Crippen LogP contribution in [0, 0.1) is 16.2 Å². The number of carbonyl (C=O) groups is 1. The van der Waals surface area contributed by atoms with Crippen LogP contribution in [-0.2, 0) is 4.79 Å². The minimum absolute atomic E-state index is 0.0800. The monoisotopic (exact) mass is 242 g/mol. The van der Waals surface area contributed by atoms with Gasteiger partial charge in [0, 0.05) is 6.04 Å². The van der Waals surface area contributed by atoms with E-state index < -0.39 is 5.41 Å². The molecule has 0 aromatic rings. The van der Waals surface area contributed by atoms with Crippen molar-refractivity contribution in [2.75, 3.05) is 0 Å². The molecule has 92 valence electrons. The largest absolute Gasteiger partial charge is 0.392 e. The highest BCUT2D eigenvalue weighted by molar-refractivity contribution is 7.80. The Hall–Kier alpha value is -0.640. The number of carbonyl (C=O) groups excluding carboxylic acids is 1. The Kier molecular flexibility index (Phi) is 2.87. The fourth-order valence-electron chi connectivity index (χ4n) is 1.98. The average molecular weight is 242 g/mol. The fourth-order valence-corrected chi connectivity index (χ4v) is 2.07. The highest BCUT2D eigenvalue weighted by Gasteiger charge is 2.65. The van der Waals surface area contributed by atoms with Crippen LogP contribution in [0.2, 0.25) is 0 Å². The Bertz CT molecular complexity index is 331. The number of rotatable bonds is 3. The molecule has 0 spiro atoms. The van der Waals surface area contributed by atoms with Crippen LogP contribution in [0.5, 0.6) is 0 Å². The lowest BCUT2D eigenvalue weighted by Gasteiger charge is -2.22. The second-order valence-corrected chi connectivity index (χ2v) is 6.78. The number of amides is 1. The van der Waals surface area contributed by atoms with Crippen molar-refractivity contribution in [1.29, 1.82) is 0 Å². The standard InChI is InChI=1S/C12H22N2OS/c1-10(2,8(13)16)9(15)14-7-11(3,4)12(7,5)6/h7H,1-6H3,(H2,13,16)(H,14,15). The first-order chi connectivity index (χ1) is 6.95. The highest BCUT2D eigenvalue weighted by atomic mass is 32.1.